The van der Waals surface area contributed by atoms with Gasteiger partial charge in [0.15, 0.2) is 6.61 Å². The van der Waals surface area contributed by atoms with E-state index in [1.165, 1.54) is 31.4 Å². The molecular weight excluding hydrogens is 460 g/mol. The summed E-state index contributed by atoms with van der Waals surface area (Å²) in [5.41, 5.74) is 0.213. The van der Waals surface area contributed by atoms with Gasteiger partial charge in [-0.25, -0.2) is 14.5 Å². The molecule has 10 heteroatoms. The molecule has 1 heterocycles. The number of imide groups is 2. The number of methoxy groups -OCH3 is 1. The Morgan fingerprint density at radius 3 is 2.50 bits per heavy atom. The van der Waals surface area contributed by atoms with E-state index < -0.39 is 30.4 Å². The van der Waals surface area contributed by atoms with Gasteiger partial charge >= 0.3 is 12.0 Å². The molecule has 0 aliphatic carbocycles. The number of carboxylic acids is 1. The first-order valence-corrected chi connectivity index (χ1v) is 9.29. The number of aliphatic carboxylic acids is 1. The first-order valence-electron chi connectivity index (χ1n) is 8.50. The third kappa shape index (κ3) is 4.49. The zero-order valence-corrected chi connectivity index (χ0v) is 17.1. The van der Waals surface area contributed by atoms with E-state index in [1.54, 1.807) is 24.3 Å². The number of barbiturate groups is 1. The highest BCUT2D eigenvalue weighted by molar-refractivity contribution is 9.10. The molecule has 30 heavy (non-hydrogen) atoms. The van der Waals surface area contributed by atoms with Crippen LogP contribution in [-0.4, -0.2) is 42.6 Å². The average Bonchev–Trinajstić information content (AvgIpc) is 2.70. The van der Waals surface area contributed by atoms with E-state index in [4.69, 9.17) is 14.6 Å². The van der Waals surface area contributed by atoms with Crippen molar-refractivity contribution in [2.45, 2.75) is 0 Å². The summed E-state index contributed by atoms with van der Waals surface area (Å²) in [6, 6.07) is 9.94. The predicted molar refractivity (Wildman–Crippen MR) is 109 cm³/mol. The number of carboxylic acid groups (broad SMARTS) is 1. The Morgan fingerprint density at radius 2 is 1.87 bits per heavy atom. The first kappa shape index (κ1) is 21.1. The highest BCUT2D eigenvalue weighted by atomic mass is 79.9. The van der Waals surface area contributed by atoms with Gasteiger partial charge in [-0.3, -0.25) is 14.9 Å². The summed E-state index contributed by atoms with van der Waals surface area (Å²) in [6.45, 7) is -0.603. The number of nitrogens with zero attached hydrogens (tertiary/aromatic N) is 1. The Bertz CT molecular complexity index is 1060. The van der Waals surface area contributed by atoms with Crippen molar-refractivity contribution in [3.05, 3.63) is 58.1 Å². The number of carbonyl (C=O) groups excluding carboxylic acids is 3. The number of hydrogen-bond donors (Lipinski definition) is 2. The number of ether oxygens (including phenoxy) is 2. The Hall–Kier alpha value is -3.66. The van der Waals surface area contributed by atoms with Gasteiger partial charge in [-0.1, -0.05) is 15.9 Å². The molecule has 0 spiro atoms. The fourth-order valence-electron chi connectivity index (χ4n) is 2.68. The van der Waals surface area contributed by atoms with Gasteiger partial charge in [-0.15, -0.1) is 0 Å². The second kappa shape index (κ2) is 8.78. The number of rotatable bonds is 6. The second-order valence-corrected chi connectivity index (χ2v) is 6.94. The molecule has 1 fully saturated rings. The lowest BCUT2D eigenvalue weighted by Crippen LogP contribution is -2.54. The van der Waals surface area contributed by atoms with Gasteiger partial charge < -0.3 is 14.6 Å². The Morgan fingerprint density at radius 1 is 1.17 bits per heavy atom. The number of urea groups is 1. The van der Waals surface area contributed by atoms with Crippen LogP contribution >= 0.6 is 15.9 Å². The SMILES string of the molecule is COc1ccc(N2C(=O)NC(=O)/C(=C/c3cc(Br)ccc3OCC(=O)O)C2=O)cc1. The molecule has 0 atom stereocenters. The highest BCUT2D eigenvalue weighted by Gasteiger charge is 2.37. The van der Waals surface area contributed by atoms with Crippen LogP contribution in [0.5, 0.6) is 11.5 Å². The molecule has 0 bridgehead atoms. The molecule has 154 valence electrons. The van der Waals surface area contributed by atoms with Crippen LogP contribution in [0.4, 0.5) is 10.5 Å². The number of halogens is 1. The van der Waals surface area contributed by atoms with Gasteiger partial charge in [0.2, 0.25) is 0 Å². The van der Waals surface area contributed by atoms with Gasteiger partial charge in [0.1, 0.15) is 17.1 Å². The molecular formula is C20H15BrN2O7. The van der Waals surface area contributed by atoms with Gasteiger partial charge in [0.05, 0.1) is 12.8 Å². The second-order valence-electron chi connectivity index (χ2n) is 6.02. The molecule has 2 aromatic carbocycles. The van der Waals surface area contributed by atoms with Crippen LogP contribution in [0.1, 0.15) is 5.56 Å². The summed E-state index contributed by atoms with van der Waals surface area (Å²) in [5.74, 6) is -2.21. The molecule has 0 saturated carbocycles. The monoisotopic (exact) mass is 474 g/mol. The maximum Gasteiger partial charge on any atom is 0.341 e. The smallest absolute Gasteiger partial charge is 0.341 e. The summed E-state index contributed by atoms with van der Waals surface area (Å²) < 4.78 is 10.9. The minimum atomic E-state index is -1.18. The summed E-state index contributed by atoms with van der Waals surface area (Å²) in [7, 11) is 1.48. The van der Waals surface area contributed by atoms with E-state index in [0.717, 1.165) is 4.90 Å². The molecule has 0 unspecified atom stereocenters. The molecule has 3 rings (SSSR count). The van der Waals surface area contributed by atoms with Gasteiger partial charge in [-0.05, 0) is 48.5 Å². The van der Waals surface area contributed by atoms with Crippen LogP contribution in [0.2, 0.25) is 0 Å². The van der Waals surface area contributed by atoms with Gasteiger partial charge in [0.25, 0.3) is 11.8 Å². The Kier molecular flexibility index (Phi) is 6.17. The van der Waals surface area contributed by atoms with E-state index in [1.807, 2.05) is 0 Å². The van der Waals surface area contributed by atoms with E-state index >= 15 is 0 Å². The van der Waals surface area contributed by atoms with Crippen molar-refractivity contribution in [2.75, 3.05) is 18.6 Å². The average molecular weight is 475 g/mol. The van der Waals surface area contributed by atoms with Crippen molar-refractivity contribution >= 4 is 51.5 Å². The van der Waals surface area contributed by atoms with Crippen LogP contribution in [0.3, 0.4) is 0 Å². The third-order valence-electron chi connectivity index (χ3n) is 4.06. The number of hydrogen-bond acceptors (Lipinski definition) is 6. The number of amides is 4. The van der Waals surface area contributed by atoms with Crippen LogP contribution < -0.4 is 19.7 Å². The van der Waals surface area contributed by atoms with Crippen LogP contribution in [-0.2, 0) is 14.4 Å². The van der Waals surface area contributed by atoms with E-state index in [2.05, 4.69) is 21.2 Å². The molecule has 2 N–H and O–H groups in total. The van der Waals surface area contributed by atoms with Crippen molar-refractivity contribution < 1.29 is 33.8 Å². The predicted octanol–water partition coefficient (Wildman–Crippen LogP) is 2.59. The zero-order chi connectivity index (χ0) is 21.8. The third-order valence-corrected chi connectivity index (χ3v) is 4.55. The minimum Gasteiger partial charge on any atom is -0.497 e. The van der Waals surface area contributed by atoms with Crippen molar-refractivity contribution in [1.82, 2.24) is 5.32 Å². The van der Waals surface area contributed by atoms with E-state index in [-0.39, 0.29) is 22.6 Å². The summed E-state index contributed by atoms with van der Waals surface area (Å²) in [5, 5.41) is 11.0. The standard InChI is InChI=1S/C20H15BrN2O7/c1-29-14-5-3-13(4-6-14)23-19(27)15(18(26)22-20(23)28)9-11-8-12(21)2-7-16(11)30-10-17(24)25/h2-9H,10H2,1H3,(H,24,25)(H,22,26,28)/b15-9-. The molecule has 0 aromatic heterocycles. The number of nitrogens with one attached hydrogen (secondary N) is 1. The lowest BCUT2D eigenvalue weighted by Gasteiger charge is -2.26. The number of benzene rings is 2. The lowest BCUT2D eigenvalue weighted by atomic mass is 10.1. The maximum atomic E-state index is 13.0. The molecule has 0 radical (unpaired) electrons. The molecule has 1 aliphatic rings. The molecule has 2 aromatic rings. The molecule has 4 amide bonds. The van der Waals surface area contributed by atoms with E-state index in [0.29, 0.717) is 10.2 Å². The van der Waals surface area contributed by atoms with Gasteiger partial charge in [0, 0.05) is 10.0 Å². The normalized spacial score (nSPS) is 15.2. The van der Waals surface area contributed by atoms with Crippen molar-refractivity contribution in [1.29, 1.82) is 0 Å². The van der Waals surface area contributed by atoms with Crippen LogP contribution in [0.15, 0.2) is 52.5 Å². The summed E-state index contributed by atoms with van der Waals surface area (Å²) in [6.07, 6.45) is 1.24. The zero-order valence-electron chi connectivity index (χ0n) is 15.5. The quantitative estimate of drug-likeness (QED) is 0.487. The Balaban J connectivity index is 2.00. The number of anilines is 1. The fourth-order valence-corrected chi connectivity index (χ4v) is 3.06. The Labute approximate surface area is 179 Å². The highest BCUT2D eigenvalue weighted by Crippen LogP contribution is 2.28. The maximum absolute atomic E-state index is 13.0. The fraction of sp³-hybridized carbons (Fsp3) is 0.100. The summed E-state index contributed by atoms with van der Waals surface area (Å²) in [4.78, 5) is 49.2. The molecule has 1 saturated heterocycles. The van der Waals surface area contributed by atoms with Crippen LogP contribution in [0.25, 0.3) is 6.08 Å². The molecule has 1 aliphatic heterocycles. The largest absolute Gasteiger partial charge is 0.497 e. The van der Waals surface area contributed by atoms with Crippen molar-refractivity contribution in [3.63, 3.8) is 0 Å². The lowest BCUT2D eigenvalue weighted by molar-refractivity contribution is -0.139. The minimum absolute atomic E-state index is 0.154. The topological polar surface area (TPSA) is 122 Å². The van der Waals surface area contributed by atoms with Crippen molar-refractivity contribution in [3.8, 4) is 11.5 Å². The number of carbonyl (C=O) groups is 4. The van der Waals surface area contributed by atoms with Gasteiger partial charge in [-0.2, -0.15) is 0 Å². The first-order chi connectivity index (χ1) is 14.3. The summed E-state index contributed by atoms with van der Waals surface area (Å²) >= 11 is 3.28. The van der Waals surface area contributed by atoms with Crippen molar-refractivity contribution in [2.24, 2.45) is 0 Å². The van der Waals surface area contributed by atoms with E-state index in [9.17, 15) is 19.2 Å². The molecule has 9 nitrogen and oxygen atoms in total. The van der Waals surface area contributed by atoms with Crippen LogP contribution in [0, 0.1) is 0 Å².